The Labute approximate surface area is 241 Å². The van der Waals surface area contributed by atoms with Crippen molar-refractivity contribution in [3.05, 3.63) is 93.5 Å². The van der Waals surface area contributed by atoms with Gasteiger partial charge in [0.1, 0.15) is 5.69 Å². The van der Waals surface area contributed by atoms with Crippen molar-refractivity contribution in [3.63, 3.8) is 0 Å². The van der Waals surface area contributed by atoms with Crippen LogP contribution in [0, 0.1) is 6.92 Å². The summed E-state index contributed by atoms with van der Waals surface area (Å²) in [6.07, 6.45) is -2.63. The predicted molar refractivity (Wildman–Crippen MR) is 148 cm³/mol. The lowest BCUT2D eigenvalue weighted by atomic mass is 9.98. The number of oxazole rings is 1. The highest BCUT2D eigenvalue weighted by Gasteiger charge is 2.37. The van der Waals surface area contributed by atoms with E-state index >= 15 is 0 Å². The van der Waals surface area contributed by atoms with Crippen molar-refractivity contribution in [2.75, 3.05) is 6.26 Å². The number of alkyl halides is 3. The molecule has 6 nitrogen and oxygen atoms in total. The molecule has 5 rings (SSSR count). The van der Waals surface area contributed by atoms with Crippen molar-refractivity contribution in [3.8, 4) is 39.4 Å². The second kappa shape index (κ2) is 10.3. The fourth-order valence-corrected chi connectivity index (χ4v) is 5.55. The molecule has 0 aliphatic heterocycles. The Kier molecular flexibility index (Phi) is 7.24. The molecule has 0 fully saturated rings. The third-order valence-corrected chi connectivity index (χ3v) is 7.88. The highest BCUT2D eigenvalue weighted by atomic mass is 35.5. The molecule has 0 aliphatic rings. The summed E-state index contributed by atoms with van der Waals surface area (Å²) in [5.41, 5.74) is 1.15. The van der Waals surface area contributed by atoms with Gasteiger partial charge in [-0.2, -0.15) is 18.3 Å². The van der Waals surface area contributed by atoms with Gasteiger partial charge in [-0.1, -0.05) is 53.0 Å². The average molecular weight is 627 g/mol. The van der Waals surface area contributed by atoms with Crippen LogP contribution in [0.3, 0.4) is 0 Å². The number of hydrogen-bond donors (Lipinski definition) is 0. The molecule has 0 spiro atoms. The molecule has 0 bridgehead atoms. The van der Waals surface area contributed by atoms with Gasteiger partial charge in [0.25, 0.3) is 0 Å². The largest absolute Gasteiger partial charge is 0.440 e. The van der Waals surface area contributed by atoms with Crippen molar-refractivity contribution in [2.24, 2.45) is 0 Å². The predicted octanol–water partition coefficient (Wildman–Crippen LogP) is 8.55. The summed E-state index contributed by atoms with van der Waals surface area (Å²) < 4.78 is 71.9. The highest BCUT2D eigenvalue weighted by molar-refractivity contribution is 7.90. The molecule has 2 heterocycles. The van der Waals surface area contributed by atoms with Crippen LogP contribution >= 0.6 is 34.8 Å². The minimum atomic E-state index is -4.78. The zero-order valence-electron chi connectivity index (χ0n) is 20.6. The van der Waals surface area contributed by atoms with Crippen molar-refractivity contribution in [1.82, 2.24) is 14.8 Å². The fourth-order valence-electron chi connectivity index (χ4n) is 4.15. The lowest BCUT2D eigenvalue weighted by Gasteiger charge is -2.13. The van der Waals surface area contributed by atoms with Gasteiger partial charge in [-0.15, -0.1) is 0 Å². The Bertz CT molecular complexity index is 1880. The van der Waals surface area contributed by atoms with Crippen LogP contribution in [0.15, 0.2) is 76.2 Å². The summed E-state index contributed by atoms with van der Waals surface area (Å²) in [4.78, 5) is 4.59. The van der Waals surface area contributed by atoms with Crippen LogP contribution in [0.4, 0.5) is 13.2 Å². The van der Waals surface area contributed by atoms with Gasteiger partial charge in [-0.3, -0.25) is 0 Å². The first kappa shape index (κ1) is 28.2. The lowest BCUT2D eigenvalue weighted by molar-refractivity contribution is -0.141. The Morgan fingerprint density at radius 3 is 2.27 bits per heavy atom. The fraction of sp³-hybridized carbons (Fsp3) is 0.111. The van der Waals surface area contributed by atoms with E-state index in [2.05, 4.69) is 10.1 Å². The molecule has 206 valence electrons. The molecule has 0 aliphatic carbocycles. The number of nitrogens with zero attached hydrogens (tertiary/aromatic N) is 3. The van der Waals surface area contributed by atoms with E-state index in [0.29, 0.717) is 33.0 Å². The maximum absolute atomic E-state index is 13.5. The van der Waals surface area contributed by atoms with Gasteiger partial charge < -0.3 is 4.42 Å². The van der Waals surface area contributed by atoms with E-state index in [1.165, 1.54) is 24.3 Å². The van der Waals surface area contributed by atoms with E-state index in [0.717, 1.165) is 17.1 Å². The first-order chi connectivity index (χ1) is 18.7. The number of aromatic nitrogens is 3. The molecule has 0 saturated carbocycles. The Balaban J connectivity index is 1.78. The summed E-state index contributed by atoms with van der Waals surface area (Å²) in [5, 5.41) is 3.79. The number of benzene rings is 3. The molecule has 13 heteroatoms. The molecule has 0 saturated heterocycles. The second-order valence-corrected chi connectivity index (χ2v) is 12.1. The number of sulfone groups is 1. The van der Waals surface area contributed by atoms with Crippen LogP contribution in [0.2, 0.25) is 15.1 Å². The van der Waals surface area contributed by atoms with Crippen LogP contribution < -0.4 is 0 Å². The van der Waals surface area contributed by atoms with Gasteiger partial charge in [0.15, 0.2) is 27.2 Å². The highest BCUT2D eigenvalue weighted by Crippen LogP contribution is 2.42. The quantitative estimate of drug-likeness (QED) is 0.195. The molecule has 0 radical (unpaired) electrons. The van der Waals surface area contributed by atoms with Crippen LogP contribution in [0.25, 0.3) is 39.4 Å². The van der Waals surface area contributed by atoms with E-state index in [9.17, 15) is 21.6 Å². The standard InChI is InChI=1S/C27H17Cl3F3N3O3S/c1-14-34-24(19-8-7-17(28)12-21(19)29)25(39-14)20-11-16(15-4-3-5-18(10-15)40(2,37)38)6-9-23(20)36-13-22(30)26(35-36)27(31,32)33/h3-13H,1-2H3. The van der Waals surface area contributed by atoms with Gasteiger partial charge in [-0.25, -0.2) is 18.1 Å². The smallest absolute Gasteiger partial charge is 0.436 e. The summed E-state index contributed by atoms with van der Waals surface area (Å²) in [6.45, 7) is 1.61. The Hall–Kier alpha value is -3.31. The summed E-state index contributed by atoms with van der Waals surface area (Å²) in [7, 11) is -3.50. The maximum Gasteiger partial charge on any atom is 0.436 e. The molecule has 0 unspecified atom stereocenters. The number of rotatable bonds is 5. The van der Waals surface area contributed by atoms with E-state index in [1.54, 1.807) is 43.3 Å². The third kappa shape index (κ3) is 5.49. The van der Waals surface area contributed by atoms with Crippen LogP contribution in [0.1, 0.15) is 11.6 Å². The Morgan fingerprint density at radius 1 is 0.900 bits per heavy atom. The number of halogens is 6. The third-order valence-electron chi connectivity index (χ3n) is 5.94. The van der Waals surface area contributed by atoms with Crippen LogP contribution in [0.5, 0.6) is 0 Å². The topological polar surface area (TPSA) is 78.0 Å². The summed E-state index contributed by atoms with van der Waals surface area (Å²) in [6, 6.07) is 15.9. The monoisotopic (exact) mass is 625 g/mol. The minimum absolute atomic E-state index is 0.105. The molecule has 2 aromatic heterocycles. The van der Waals surface area contributed by atoms with Gasteiger partial charge in [-0.05, 0) is 53.6 Å². The number of aryl methyl sites for hydroxylation is 1. The molecule has 0 N–H and O–H groups in total. The van der Waals surface area contributed by atoms with Crippen molar-refractivity contribution in [2.45, 2.75) is 18.0 Å². The Morgan fingerprint density at radius 2 is 1.62 bits per heavy atom. The first-order valence-electron chi connectivity index (χ1n) is 11.4. The lowest BCUT2D eigenvalue weighted by Crippen LogP contribution is -2.08. The maximum atomic E-state index is 13.5. The van der Waals surface area contributed by atoms with Crippen LogP contribution in [-0.4, -0.2) is 29.4 Å². The van der Waals surface area contributed by atoms with Gasteiger partial charge >= 0.3 is 6.18 Å². The van der Waals surface area contributed by atoms with Gasteiger partial charge in [0.05, 0.1) is 26.8 Å². The normalized spacial score (nSPS) is 12.2. The average Bonchev–Trinajstić information content (AvgIpc) is 3.46. The second-order valence-electron chi connectivity index (χ2n) is 8.83. The van der Waals surface area contributed by atoms with Crippen molar-refractivity contribution in [1.29, 1.82) is 0 Å². The van der Waals surface area contributed by atoms with E-state index in [-0.39, 0.29) is 27.3 Å². The zero-order valence-corrected chi connectivity index (χ0v) is 23.7. The minimum Gasteiger partial charge on any atom is -0.440 e. The molecule has 40 heavy (non-hydrogen) atoms. The van der Waals surface area contributed by atoms with Crippen LogP contribution in [-0.2, 0) is 16.0 Å². The van der Waals surface area contributed by atoms with Gasteiger partial charge in [0.2, 0.25) is 0 Å². The molecule has 0 amide bonds. The zero-order chi connectivity index (χ0) is 29.0. The van der Waals surface area contributed by atoms with Gasteiger partial charge in [0, 0.05) is 29.3 Å². The number of hydrogen-bond acceptors (Lipinski definition) is 5. The first-order valence-corrected chi connectivity index (χ1v) is 14.5. The van der Waals surface area contributed by atoms with E-state index < -0.39 is 26.7 Å². The van der Waals surface area contributed by atoms with Crippen molar-refractivity contribution < 1.29 is 26.0 Å². The van der Waals surface area contributed by atoms with E-state index in [4.69, 9.17) is 39.2 Å². The van der Waals surface area contributed by atoms with E-state index in [1.807, 2.05) is 0 Å². The SMILES string of the molecule is Cc1nc(-c2ccc(Cl)cc2Cl)c(-c2cc(-c3cccc(S(C)(=O)=O)c3)ccc2-n2cc(Cl)c(C(F)(F)F)n2)o1. The molecule has 0 atom stereocenters. The molecule has 3 aromatic carbocycles. The summed E-state index contributed by atoms with van der Waals surface area (Å²) >= 11 is 18.4. The summed E-state index contributed by atoms with van der Waals surface area (Å²) in [5.74, 6) is 0.457. The molecular weight excluding hydrogens is 610 g/mol. The molecular formula is C27H17Cl3F3N3O3S. The molecule has 5 aromatic rings. The van der Waals surface area contributed by atoms with Crippen molar-refractivity contribution >= 4 is 44.6 Å².